The molecule has 0 saturated carbocycles. The molecule has 1 aromatic heterocycles. The Hall–Kier alpha value is -2.87. The van der Waals surface area contributed by atoms with E-state index < -0.39 is 5.97 Å². The number of hydrogen-bond donors (Lipinski definition) is 1. The van der Waals surface area contributed by atoms with Crippen molar-refractivity contribution in [3.63, 3.8) is 0 Å². The van der Waals surface area contributed by atoms with Gasteiger partial charge in [0.05, 0.1) is 12.2 Å². The van der Waals surface area contributed by atoms with Crippen LogP contribution in [0.15, 0.2) is 24.5 Å². The largest absolute Gasteiger partial charge is 0.493 e. The molecule has 1 N–H and O–H groups in total. The number of aliphatic carboxylic acids is 1. The summed E-state index contributed by atoms with van der Waals surface area (Å²) in [5.41, 5.74) is 4.25. The number of ether oxygens (including phenoxy) is 1. The second-order valence-corrected chi connectivity index (χ2v) is 7.15. The second kappa shape index (κ2) is 8.43. The van der Waals surface area contributed by atoms with Gasteiger partial charge < -0.3 is 9.84 Å². The molecule has 0 bridgehead atoms. The Kier molecular flexibility index (Phi) is 5.99. The Morgan fingerprint density at radius 3 is 2.50 bits per heavy atom. The van der Waals surface area contributed by atoms with E-state index in [1.165, 1.54) is 5.56 Å². The lowest BCUT2D eigenvalue weighted by Crippen LogP contribution is -2.32. The van der Waals surface area contributed by atoms with Crippen molar-refractivity contribution >= 4 is 5.97 Å². The molecule has 3 rings (SSSR count). The van der Waals surface area contributed by atoms with Crippen LogP contribution in [0.25, 0.3) is 0 Å². The SMILES string of the molecule is CCc1cc2c(cc1C#Cc1cnc(CC(=O)O)nc1)C(CC)(CC)CCO2. The highest BCUT2D eigenvalue weighted by molar-refractivity contribution is 5.68. The summed E-state index contributed by atoms with van der Waals surface area (Å²) in [7, 11) is 0. The predicted octanol–water partition coefficient (Wildman–Crippen LogP) is 3.91. The van der Waals surface area contributed by atoms with Gasteiger partial charge in [0.1, 0.15) is 18.0 Å². The number of benzene rings is 1. The quantitative estimate of drug-likeness (QED) is 0.799. The fourth-order valence-electron chi connectivity index (χ4n) is 3.83. The van der Waals surface area contributed by atoms with Gasteiger partial charge >= 0.3 is 5.97 Å². The van der Waals surface area contributed by atoms with Gasteiger partial charge in [0.25, 0.3) is 0 Å². The highest BCUT2D eigenvalue weighted by Crippen LogP contribution is 2.44. The van der Waals surface area contributed by atoms with Crippen molar-refractivity contribution in [2.45, 2.75) is 58.3 Å². The van der Waals surface area contributed by atoms with Crippen LogP contribution < -0.4 is 4.74 Å². The molecule has 0 fully saturated rings. The van der Waals surface area contributed by atoms with Gasteiger partial charge in [0.15, 0.2) is 0 Å². The Morgan fingerprint density at radius 2 is 1.89 bits per heavy atom. The normalized spacial score (nSPS) is 14.4. The number of carboxylic acids is 1. The zero-order valence-corrected chi connectivity index (χ0v) is 16.7. The lowest BCUT2D eigenvalue weighted by Gasteiger charge is -2.38. The van der Waals surface area contributed by atoms with E-state index in [4.69, 9.17) is 9.84 Å². The lowest BCUT2D eigenvalue weighted by molar-refractivity contribution is -0.136. The van der Waals surface area contributed by atoms with Crippen LogP contribution in [0.3, 0.4) is 0 Å². The van der Waals surface area contributed by atoms with Crippen LogP contribution in [0.5, 0.6) is 5.75 Å². The molecule has 146 valence electrons. The number of carboxylic acid groups (broad SMARTS) is 1. The van der Waals surface area contributed by atoms with Crippen molar-refractivity contribution in [3.8, 4) is 17.6 Å². The van der Waals surface area contributed by atoms with Gasteiger partial charge in [0.2, 0.25) is 0 Å². The maximum atomic E-state index is 10.7. The molecule has 5 heteroatoms. The Morgan fingerprint density at radius 1 is 1.18 bits per heavy atom. The van der Waals surface area contributed by atoms with Crippen molar-refractivity contribution < 1.29 is 14.6 Å². The highest BCUT2D eigenvalue weighted by Gasteiger charge is 2.35. The summed E-state index contributed by atoms with van der Waals surface area (Å²) >= 11 is 0. The molecule has 0 aliphatic carbocycles. The topological polar surface area (TPSA) is 72.3 Å². The third-order valence-electron chi connectivity index (χ3n) is 5.71. The average molecular weight is 378 g/mol. The number of carbonyl (C=O) groups is 1. The summed E-state index contributed by atoms with van der Waals surface area (Å²) in [6.45, 7) is 7.37. The number of hydrogen-bond acceptors (Lipinski definition) is 4. The van der Waals surface area contributed by atoms with Gasteiger partial charge in [-0.25, -0.2) is 9.97 Å². The summed E-state index contributed by atoms with van der Waals surface area (Å²) < 4.78 is 5.97. The number of nitrogens with zero attached hydrogens (tertiary/aromatic N) is 2. The molecular weight excluding hydrogens is 352 g/mol. The van der Waals surface area contributed by atoms with Crippen molar-refractivity contribution in [1.82, 2.24) is 9.97 Å². The number of aromatic nitrogens is 2. The van der Waals surface area contributed by atoms with Gasteiger partial charge in [-0.05, 0) is 43.4 Å². The van der Waals surface area contributed by atoms with Gasteiger partial charge in [0, 0.05) is 28.9 Å². The maximum Gasteiger partial charge on any atom is 0.311 e. The summed E-state index contributed by atoms with van der Waals surface area (Å²) in [6, 6.07) is 4.35. The first-order valence-corrected chi connectivity index (χ1v) is 9.86. The standard InChI is InChI=1S/C23H26N2O3/c1-4-17-12-20-19(23(5-2,6-3)9-10-28-20)11-18(17)8-7-16-14-24-21(25-15-16)13-22(26)27/h11-12,14-15H,4-6,9-10,13H2,1-3H3,(H,26,27). The predicted molar refractivity (Wildman–Crippen MR) is 108 cm³/mol. The first kappa shape index (κ1) is 19.9. The van der Waals surface area contributed by atoms with Crippen LogP contribution in [-0.4, -0.2) is 27.7 Å². The Labute approximate surface area is 166 Å². The van der Waals surface area contributed by atoms with Crippen molar-refractivity contribution in [2.24, 2.45) is 0 Å². The third-order valence-corrected chi connectivity index (χ3v) is 5.71. The van der Waals surface area contributed by atoms with E-state index >= 15 is 0 Å². The molecule has 1 aromatic carbocycles. The molecule has 0 radical (unpaired) electrons. The van der Waals surface area contributed by atoms with Gasteiger partial charge in [-0.1, -0.05) is 32.6 Å². The van der Waals surface area contributed by atoms with Crippen LogP contribution in [-0.2, 0) is 23.1 Å². The molecule has 0 unspecified atom stereocenters. The molecule has 2 heterocycles. The van der Waals surface area contributed by atoms with E-state index in [9.17, 15) is 4.79 Å². The van der Waals surface area contributed by atoms with Crippen molar-refractivity contribution in [1.29, 1.82) is 0 Å². The molecule has 5 nitrogen and oxygen atoms in total. The molecule has 0 saturated heterocycles. The van der Waals surface area contributed by atoms with Crippen LogP contribution in [0.1, 0.15) is 68.1 Å². The number of aryl methyl sites for hydroxylation is 1. The van der Waals surface area contributed by atoms with E-state index in [2.05, 4.69) is 54.7 Å². The second-order valence-electron chi connectivity index (χ2n) is 7.15. The summed E-state index contributed by atoms with van der Waals surface area (Å²) in [5.74, 6) is 6.74. The first-order chi connectivity index (χ1) is 13.5. The smallest absolute Gasteiger partial charge is 0.311 e. The van der Waals surface area contributed by atoms with Gasteiger partial charge in [-0.15, -0.1) is 0 Å². The van der Waals surface area contributed by atoms with E-state index in [1.807, 2.05) is 0 Å². The zero-order chi connectivity index (χ0) is 20.1. The van der Waals surface area contributed by atoms with E-state index in [0.717, 1.165) is 49.2 Å². The zero-order valence-electron chi connectivity index (χ0n) is 16.7. The number of rotatable bonds is 5. The monoisotopic (exact) mass is 378 g/mol. The fourth-order valence-corrected chi connectivity index (χ4v) is 3.83. The van der Waals surface area contributed by atoms with Crippen LogP contribution >= 0.6 is 0 Å². The molecule has 0 spiro atoms. The molecule has 1 aliphatic heterocycles. The number of fused-ring (bicyclic) bond motifs is 1. The van der Waals surface area contributed by atoms with Crippen molar-refractivity contribution in [3.05, 3.63) is 52.6 Å². The first-order valence-electron chi connectivity index (χ1n) is 9.86. The Bertz CT molecular complexity index is 919. The van der Waals surface area contributed by atoms with E-state index in [1.54, 1.807) is 12.4 Å². The average Bonchev–Trinajstić information content (AvgIpc) is 2.71. The summed E-state index contributed by atoms with van der Waals surface area (Å²) in [6.07, 6.45) is 7.04. The van der Waals surface area contributed by atoms with E-state index in [-0.39, 0.29) is 17.7 Å². The molecule has 1 aliphatic rings. The molecular formula is C23H26N2O3. The molecule has 28 heavy (non-hydrogen) atoms. The highest BCUT2D eigenvalue weighted by atomic mass is 16.5. The van der Waals surface area contributed by atoms with Crippen LogP contribution in [0.2, 0.25) is 0 Å². The minimum atomic E-state index is -0.946. The molecule has 2 aromatic rings. The minimum absolute atomic E-state index is 0.151. The van der Waals surface area contributed by atoms with Crippen LogP contribution in [0.4, 0.5) is 0 Å². The van der Waals surface area contributed by atoms with Crippen molar-refractivity contribution in [2.75, 3.05) is 6.61 Å². The van der Waals surface area contributed by atoms with Crippen LogP contribution in [0, 0.1) is 11.8 Å². The van der Waals surface area contributed by atoms with E-state index in [0.29, 0.717) is 5.56 Å². The molecule has 0 atom stereocenters. The molecule has 0 amide bonds. The van der Waals surface area contributed by atoms with Gasteiger partial charge in [-0.3, -0.25) is 4.79 Å². The minimum Gasteiger partial charge on any atom is -0.493 e. The maximum absolute atomic E-state index is 10.7. The van der Waals surface area contributed by atoms with Gasteiger partial charge in [-0.2, -0.15) is 0 Å². The fraction of sp³-hybridized carbons (Fsp3) is 0.435. The Balaban J connectivity index is 1.97. The summed E-state index contributed by atoms with van der Waals surface area (Å²) in [5, 5.41) is 8.81. The lowest BCUT2D eigenvalue weighted by atomic mass is 9.71. The third kappa shape index (κ3) is 4.01. The summed E-state index contributed by atoms with van der Waals surface area (Å²) in [4.78, 5) is 18.9.